The van der Waals surface area contributed by atoms with Crippen molar-refractivity contribution in [2.45, 2.75) is 11.3 Å². The Morgan fingerprint density at radius 1 is 1.59 bits per heavy atom. The van der Waals surface area contributed by atoms with Crippen molar-refractivity contribution in [1.82, 2.24) is 4.98 Å². The molecule has 0 aliphatic rings. The van der Waals surface area contributed by atoms with Gasteiger partial charge in [-0.2, -0.15) is 5.26 Å². The number of nitriles is 1. The number of nitrogens with two attached hydrogens (primary N) is 1. The van der Waals surface area contributed by atoms with Crippen LogP contribution in [0.25, 0.3) is 10.2 Å². The number of carbonyl (C=O) groups is 1. The third-order valence-electron chi connectivity index (χ3n) is 2.67. The van der Waals surface area contributed by atoms with E-state index in [2.05, 4.69) is 4.98 Å². The van der Waals surface area contributed by atoms with E-state index in [0.29, 0.717) is 14.6 Å². The first-order chi connectivity index (χ1) is 10.4. The molecule has 9 heteroatoms. The van der Waals surface area contributed by atoms with Gasteiger partial charge in [0.1, 0.15) is 11.6 Å². The van der Waals surface area contributed by atoms with Crippen LogP contribution in [-0.4, -0.2) is 21.4 Å². The highest BCUT2D eigenvalue weighted by Gasteiger charge is 2.15. The summed E-state index contributed by atoms with van der Waals surface area (Å²) in [5, 5.41) is 19.6. The fraction of sp³-hybridized carbons (Fsp3) is 0.154. The van der Waals surface area contributed by atoms with Crippen molar-refractivity contribution in [2.75, 3.05) is 5.75 Å². The molecule has 0 aliphatic heterocycles. The maximum absolute atomic E-state index is 11.9. The Balaban J connectivity index is 2.16. The van der Waals surface area contributed by atoms with Crippen LogP contribution in [0.1, 0.15) is 6.92 Å². The first kappa shape index (κ1) is 15.9. The van der Waals surface area contributed by atoms with Crippen LogP contribution in [0.4, 0.5) is 5.69 Å². The van der Waals surface area contributed by atoms with E-state index in [1.165, 1.54) is 42.2 Å². The first-order valence-corrected chi connectivity index (χ1v) is 7.80. The van der Waals surface area contributed by atoms with Gasteiger partial charge in [0.05, 0.1) is 20.9 Å². The average Bonchev–Trinajstić information content (AvgIpc) is 2.87. The molecule has 0 unspecified atom stereocenters. The van der Waals surface area contributed by atoms with Crippen molar-refractivity contribution < 1.29 is 9.72 Å². The number of ketones is 1. The largest absolute Gasteiger partial charge is 0.401 e. The number of hydrogen-bond donors (Lipinski definition) is 1. The molecule has 0 spiro atoms. The van der Waals surface area contributed by atoms with Gasteiger partial charge >= 0.3 is 0 Å². The summed E-state index contributed by atoms with van der Waals surface area (Å²) in [5.41, 5.74) is 6.24. The maximum Gasteiger partial charge on any atom is 0.270 e. The van der Waals surface area contributed by atoms with E-state index >= 15 is 0 Å². The van der Waals surface area contributed by atoms with Crippen LogP contribution in [0.3, 0.4) is 0 Å². The lowest BCUT2D eigenvalue weighted by molar-refractivity contribution is -0.384. The van der Waals surface area contributed by atoms with Gasteiger partial charge in [-0.05, 0) is 13.0 Å². The van der Waals surface area contributed by atoms with Gasteiger partial charge in [-0.3, -0.25) is 14.9 Å². The van der Waals surface area contributed by atoms with Gasteiger partial charge in [0.25, 0.3) is 5.69 Å². The van der Waals surface area contributed by atoms with Crippen LogP contribution in [0.2, 0.25) is 0 Å². The van der Waals surface area contributed by atoms with Gasteiger partial charge in [-0.15, -0.1) is 11.3 Å². The van der Waals surface area contributed by atoms with E-state index in [4.69, 9.17) is 11.0 Å². The molecule has 0 amide bonds. The molecule has 0 aliphatic carbocycles. The van der Waals surface area contributed by atoms with E-state index in [1.807, 2.05) is 0 Å². The van der Waals surface area contributed by atoms with Crippen LogP contribution < -0.4 is 5.73 Å². The third-order valence-corrected chi connectivity index (χ3v) is 4.84. The number of thiazole rings is 1. The molecule has 2 aromatic rings. The van der Waals surface area contributed by atoms with Crippen molar-refractivity contribution in [3.63, 3.8) is 0 Å². The highest BCUT2D eigenvalue weighted by molar-refractivity contribution is 8.01. The minimum atomic E-state index is -0.469. The average molecular weight is 334 g/mol. The minimum absolute atomic E-state index is 0.00256. The summed E-state index contributed by atoms with van der Waals surface area (Å²) in [6, 6.07) is 6.19. The number of rotatable bonds is 5. The maximum atomic E-state index is 11.9. The number of allylic oxidation sites excluding steroid dienone is 2. The Labute approximate surface area is 133 Å². The number of hydrogen-bond acceptors (Lipinski definition) is 8. The monoisotopic (exact) mass is 334 g/mol. The zero-order valence-corrected chi connectivity index (χ0v) is 13.0. The Kier molecular flexibility index (Phi) is 4.75. The SMILES string of the molecule is CC(N)=C(C#N)C(=O)CSc1nc2ccc([N+](=O)[O-])cc2s1. The summed E-state index contributed by atoms with van der Waals surface area (Å²) in [4.78, 5) is 26.4. The number of thioether (sulfide) groups is 1. The van der Waals surface area contributed by atoms with Crippen LogP contribution >= 0.6 is 23.1 Å². The Hall–Kier alpha value is -2.44. The molecule has 0 fully saturated rings. The van der Waals surface area contributed by atoms with Crippen molar-refractivity contribution in [2.24, 2.45) is 5.73 Å². The molecule has 1 aromatic heterocycles. The molecule has 0 atom stereocenters. The molecule has 2 rings (SSSR count). The Morgan fingerprint density at radius 3 is 2.91 bits per heavy atom. The second-order valence-corrected chi connectivity index (χ2v) is 6.52. The van der Waals surface area contributed by atoms with Crippen LogP contribution in [0.15, 0.2) is 33.8 Å². The molecular formula is C13H10N4O3S2. The molecule has 0 bridgehead atoms. The lowest BCUT2D eigenvalue weighted by Gasteiger charge is -1.98. The lowest BCUT2D eigenvalue weighted by Crippen LogP contribution is -2.10. The van der Waals surface area contributed by atoms with Crippen LogP contribution in [0.5, 0.6) is 0 Å². The fourth-order valence-electron chi connectivity index (χ4n) is 1.64. The number of Topliss-reactive ketones (excluding diaryl/α,β-unsaturated/α-hetero) is 1. The predicted octanol–water partition coefficient (Wildman–Crippen LogP) is 2.62. The standard InChI is InChI=1S/C13H10N4O3S2/c1-7(15)9(5-14)11(18)6-21-13-16-10-3-2-8(17(19)20)4-12(10)22-13/h2-4H,6,15H2,1H3. The number of carbonyl (C=O) groups excluding carboxylic acids is 1. The molecule has 1 aromatic carbocycles. The second-order valence-electron chi connectivity index (χ2n) is 4.27. The molecule has 2 N–H and O–H groups in total. The van der Waals surface area contributed by atoms with Crippen molar-refractivity contribution in [3.05, 3.63) is 39.6 Å². The summed E-state index contributed by atoms with van der Waals surface area (Å²) in [7, 11) is 0. The predicted molar refractivity (Wildman–Crippen MR) is 84.5 cm³/mol. The molecule has 0 saturated carbocycles. The Bertz CT molecular complexity index is 831. The van der Waals surface area contributed by atoms with Crippen molar-refractivity contribution in [1.29, 1.82) is 5.26 Å². The second kappa shape index (κ2) is 6.55. The molecule has 112 valence electrons. The number of nitro benzene ring substituents is 1. The van der Waals surface area contributed by atoms with Crippen LogP contribution in [0, 0.1) is 21.4 Å². The molecule has 1 heterocycles. The molecule has 22 heavy (non-hydrogen) atoms. The van der Waals surface area contributed by atoms with E-state index in [-0.39, 0.29) is 28.5 Å². The van der Waals surface area contributed by atoms with Gasteiger partial charge in [0.2, 0.25) is 0 Å². The molecule has 7 nitrogen and oxygen atoms in total. The van der Waals surface area contributed by atoms with Crippen molar-refractivity contribution in [3.8, 4) is 6.07 Å². The van der Waals surface area contributed by atoms with Gasteiger partial charge in [-0.25, -0.2) is 4.98 Å². The van der Waals surface area contributed by atoms with Gasteiger partial charge < -0.3 is 5.73 Å². The minimum Gasteiger partial charge on any atom is -0.401 e. The van der Waals surface area contributed by atoms with Gasteiger partial charge in [0, 0.05) is 17.8 Å². The molecule has 0 saturated heterocycles. The summed E-state index contributed by atoms with van der Waals surface area (Å²) in [6.07, 6.45) is 0. The summed E-state index contributed by atoms with van der Waals surface area (Å²) < 4.78 is 1.28. The smallest absolute Gasteiger partial charge is 0.270 e. The number of nitro groups is 1. The highest BCUT2D eigenvalue weighted by Crippen LogP contribution is 2.32. The van der Waals surface area contributed by atoms with E-state index in [1.54, 1.807) is 12.1 Å². The summed E-state index contributed by atoms with van der Waals surface area (Å²) in [6.45, 7) is 1.50. The fourth-order valence-corrected chi connectivity index (χ4v) is 3.61. The van der Waals surface area contributed by atoms with E-state index < -0.39 is 4.92 Å². The number of non-ortho nitro benzene ring substituents is 1. The zero-order valence-electron chi connectivity index (χ0n) is 11.4. The summed E-state index contributed by atoms with van der Waals surface area (Å²) >= 11 is 2.44. The number of benzene rings is 1. The third kappa shape index (κ3) is 3.41. The zero-order chi connectivity index (χ0) is 16.3. The highest BCUT2D eigenvalue weighted by atomic mass is 32.2. The molecule has 0 radical (unpaired) electrons. The number of aromatic nitrogens is 1. The Morgan fingerprint density at radius 2 is 2.32 bits per heavy atom. The topological polar surface area (TPSA) is 123 Å². The normalized spacial score (nSPS) is 11.8. The van der Waals surface area contributed by atoms with Crippen molar-refractivity contribution >= 4 is 44.8 Å². The number of nitrogens with zero attached hydrogens (tertiary/aromatic N) is 3. The van der Waals surface area contributed by atoms with Crippen LogP contribution in [-0.2, 0) is 4.79 Å². The van der Waals surface area contributed by atoms with Gasteiger partial charge in [-0.1, -0.05) is 11.8 Å². The van der Waals surface area contributed by atoms with E-state index in [0.717, 1.165) is 0 Å². The first-order valence-electron chi connectivity index (χ1n) is 6.00. The quantitative estimate of drug-likeness (QED) is 0.293. The summed E-state index contributed by atoms with van der Waals surface area (Å²) in [5.74, 6) is -0.322. The van der Waals surface area contributed by atoms with E-state index in [9.17, 15) is 14.9 Å². The lowest BCUT2D eigenvalue weighted by atomic mass is 10.2. The molecular weight excluding hydrogens is 324 g/mol. The number of fused-ring (bicyclic) bond motifs is 1. The van der Waals surface area contributed by atoms with Gasteiger partial charge in [0.15, 0.2) is 10.1 Å².